The second-order valence-electron chi connectivity index (χ2n) is 7.65. The molecule has 1 heterocycles. The van der Waals surface area contributed by atoms with Gasteiger partial charge in [-0.1, -0.05) is 52.0 Å². The molecule has 152 valence electrons. The third kappa shape index (κ3) is 6.33. The fourth-order valence-corrected chi connectivity index (χ4v) is 3.84. The molecule has 27 heavy (non-hydrogen) atoms. The molecule has 5 nitrogen and oxygen atoms in total. The summed E-state index contributed by atoms with van der Waals surface area (Å²) in [6.07, 6.45) is 10.2. The molecule has 1 aliphatic carbocycles. The van der Waals surface area contributed by atoms with Gasteiger partial charge in [-0.3, -0.25) is 19.3 Å². The highest BCUT2D eigenvalue weighted by Gasteiger charge is 2.56. The van der Waals surface area contributed by atoms with Gasteiger partial charge in [0.2, 0.25) is 11.8 Å². The van der Waals surface area contributed by atoms with E-state index in [1.165, 1.54) is 11.8 Å². The fraction of sp³-hybridized carbons (Fsp3) is 0.682. The molecular formula is C22H35NO4. The maximum absolute atomic E-state index is 12.6. The molecule has 1 aliphatic heterocycles. The Labute approximate surface area is 163 Å². The number of carbonyl (C=O) groups is 3. The first-order valence-corrected chi connectivity index (χ1v) is 10.1. The zero-order valence-corrected chi connectivity index (χ0v) is 17.6. The minimum Gasteiger partial charge on any atom is -0.466 e. The van der Waals surface area contributed by atoms with E-state index in [1.807, 2.05) is 19.1 Å². The summed E-state index contributed by atoms with van der Waals surface area (Å²) in [5.41, 5.74) is 0. The normalized spacial score (nSPS) is 27.4. The molecule has 4 atom stereocenters. The van der Waals surface area contributed by atoms with Crippen molar-refractivity contribution in [1.29, 1.82) is 0 Å². The molecule has 1 saturated carbocycles. The van der Waals surface area contributed by atoms with Crippen molar-refractivity contribution in [2.45, 2.75) is 54.4 Å². The lowest BCUT2D eigenvalue weighted by atomic mass is 9.89. The van der Waals surface area contributed by atoms with E-state index in [0.717, 1.165) is 12.8 Å². The summed E-state index contributed by atoms with van der Waals surface area (Å²) in [6.45, 7) is 12.5. The van der Waals surface area contributed by atoms with Gasteiger partial charge in [0.15, 0.2) is 0 Å². The molecule has 0 N–H and O–H groups in total. The highest BCUT2D eigenvalue weighted by molar-refractivity contribution is 6.06. The molecule has 0 aromatic heterocycles. The van der Waals surface area contributed by atoms with Crippen molar-refractivity contribution in [3.63, 3.8) is 0 Å². The predicted molar refractivity (Wildman–Crippen MR) is 107 cm³/mol. The number of ether oxygens (including phenoxy) is 1. The lowest BCUT2D eigenvalue weighted by molar-refractivity contribution is -0.141. The van der Waals surface area contributed by atoms with Gasteiger partial charge in [-0.25, -0.2) is 0 Å². The van der Waals surface area contributed by atoms with E-state index in [9.17, 15) is 14.4 Å². The summed E-state index contributed by atoms with van der Waals surface area (Å²) >= 11 is 0. The van der Waals surface area contributed by atoms with Gasteiger partial charge in [0.25, 0.3) is 0 Å². The summed E-state index contributed by atoms with van der Waals surface area (Å²) in [4.78, 5) is 36.4. The fourth-order valence-electron chi connectivity index (χ4n) is 3.84. The van der Waals surface area contributed by atoms with E-state index in [-0.39, 0.29) is 35.5 Å². The summed E-state index contributed by atoms with van der Waals surface area (Å²) in [6, 6.07) is 0. The van der Waals surface area contributed by atoms with Crippen molar-refractivity contribution in [1.82, 2.24) is 4.90 Å². The van der Waals surface area contributed by atoms with Crippen molar-refractivity contribution >= 4 is 17.8 Å². The quantitative estimate of drug-likeness (QED) is 0.399. The number of amides is 2. The largest absolute Gasteiger partial charge is 0.466 e. The number of esters is 1. The van der Waals surface area contributed by atoms with Crippen LogP contribution in [0.4, 0.5) is 0 Å². The van der Waals surface area contributed by atoms with Gasteiger partial charge in [-0.15, -0.1) is 0 Å². The Balaban J connectivity index is 0.000000527. The first-order chi connectivity index (χ1) is 12.7. The van der Waals surface area contributed by atoms with E-state index in [4.69, 9.17) is 0 Å². The predicted octanol–water partition coefficient (Wildman–Crippen LogP) is 3.99. The van der Waals surface area contributed by atoms with Gasteiger partial charge < -0.3 is 4.74 Å². The van der Waals surface area contributed by atoms with Crippen molar-refractivity contribution in [3.8, 4) is 0 Å². The number of hydrogen-bond acceptors (Lipinski definition) is 4. The number of fused-ring (bicyclic) bond motifs is 1. The molecule has 0 spiro atoms. The zero-order valence-electron chi connectivity index (χ0n) is 17.6. The Morgan fingerprint density at radius 1 is 1.19 bits per heavy atom. The van der Waals surface area contributed by atoms with Gasteiger partial charge in [0, 0.05) is 13.5 Å². The summed E-state index contributed by atoms with van der Waals surface area (Å²) in [7, 11) is 0. The minimum atomic E-state index is -0.211. The maximum Gasteiger partial charge on any atom is 0.302 e. The van der Waals surface area contributed by atoms with Crippen LogP contribution < -0.4 is 0 Å². The minimum absolute atomic E-state index is 0.0357. The number of carbonyl (C=O) groups excluding carboxylic acids is 3. The lowest BCUT2D eigenvalue weighted by Gasteiger charge is -2.17. The highest BCUT2D eigenvalue weighted by Crippen LogP contribution is 2.48. The number of hydrogen-bond donors (Lipinski definition) is 0. The van der Waals surface area contributed by atoms with E-state index in [0.29, 0.717) is 25.0 Å². The zero-order chi connectivity index (χ0) is 20.6. The molecule has 1 saturated heterocycles. The molecular weight excluding hydrogens is 342 g/mol. The van der Waals surface area contributed by atoms with E-state index < -0.39 is 0 Å². The van der Waals surface area contributed by atoms with Gasteiger partial charge >= 0.3 is 5.97 Å². The second-order valence-corrected chi connectivity index (χ2v) is 7.65. The van der Waals surface area contributed by atoms with Crippen LogP contribution in [-0.2, 0) is 19.1 Å². The topological polar surface area (TPSA) is 63.7 Å². The number of allylic oxidation sites excluding steroid dienone is 3. The Bertz CT molecular complexity index is 579. The Morgan fingerprint density at radius 2 is 1.81 bits per heavy atom. The van der Waals surface area contributed by atoms with Gasteiger partial charge in [0.1, 0.15) is 0 Å². The summed E-state index contributed by atoms with van der Waals surface area (Å²) in [5.74, 6) is 0.643. The highest BCUT2D eigenvalue weighted by atomic mass is 16.5. The van der Waals surface area contributed by atoms with Crippen LogP contribution in [-0.4, -0.2) is 35.8 Å². The third-order valence-electron chi connectivity index (χ3n) is 4.99. The van der Waals surface area contributed by atoms with Crippen LogP contribution >= 0.6 is 0 Å². The van der Waals surface area contributed by atoms with Gasteiger partial charge in [-0.2, -0.15) is 0 Å². The van der Waals surface area contributed by atoms with Crippen molar-refractivity contribution < 1.29 is 19.1 Å². The van der Waals surface area contributed by atoms with Crippen LogP contribution in [0, 0.1) is 29.6 Å². The second kappa shape index (κ2) is 11.1. The van der Waals surface area contributed by atoms with E-state index in [2.05, 4.69) is 37.7 Å². The number of likely N-dealkylation sites (tertiary alicyclic amines) is 1. The molecule has 2 aliphatic rings. The number of nitrogens with zero attached hydrogens (tertiary/aromatic N) is 1. The van der Waals surface area contributed by atoms with Crippen molar-refractivity contribution in [2.75, 3.05) is 13.2 Å². The molecule has 5 heteroatoms. The molecule has 2 rings (SSSR count). The standard InChI is InChI=1S/C18H27NO2.C4H8O2/c1-5-6-7-10-19-17(20)15-13(4)11-14(9-8-12(2)3)16(15)18(19)21;1-3-6-4(2)5/h6-9,12-16H,5,10-11H2,1-4H3;3H2,1-2H3/b7-6-,9-8-;. The smallest absolute Gasteiger partial charge is 0.302 e. The average molecular weight is 378 g/mol. The molecule has 2 fully saturated rings. The molecule has 0 aromatic rings. The molecule has 2 amide bonds. The molecule has 0 bridgehead atoms. The van der Waals surface area contributed by atoms with Crippen molar-refractivity contribution in [2.24, 2.45) is 29.6 Å². The van der Waals surface area contributed by atoms with Crippen molar-refractivity contribution in [3.05, 3.63) is 24.3 Å². The Hall–Kier alpha value is -1.91. The first kappa shape index (κ1) is 23.1. The number of imide groups is 1. The molecule has 4 unspecified atom stereocenters. The SMILES string of the molecule is CC/C=C\CN1C(=O)C2C(C)CC(/C=C\C(C)C)C2C1=O.CCOC(C)=O. The maximum atomic E-state index is 12.6. The Kier molecular flexibility index (Phi) is 9.47. The van der Waals surface area contributed by atoms with Crippen LogP contribution in [0.15, 0.2) is 24.3 Å². The first-order valence-electron chi connectivity index (χ1n) is 10.1. The van der Waals surface area contributed by atoms with E-state index >= 15 is 0 Å². The Morgan fingerprint density at radius 3 is 2.30 bits per heavy atom. The summed E-state index contributed by atoms with van der Waals surface area (Å²) in [5, 5.41) is 0. The van der Waals surface area contributed by atoms with Crippen LogP contribution in [0.2, 0.25) is 0 Å². The lowest BCUT2D eigenvalue weighted by Crippen LogP contribution is -2.33. The third-order valence-corrected chi connectivity index (χ3v) is 4.99. The van der Waals surface area contributed by atoms with E-state index in [1.54, 1.807) is 6.92 Å². The number of rotatable bonds is 6. The summed E-state index contributed by atoms with van der Waals surface area (Å²) < 4.78 is 4.40. The monoisotopic (exact) mass is 377 g/mol. The van der Waals surface area contributed by atoms with Crippen LogP contribution in [0.3, 0.4) is 0 Å². The van der Waals surface area contributed by atoms with Crippen LogP contribution in [0.1, 0.15) is 54.4 Å². The molecule has 0 aromatic carbocycles. The van der Waals surface area contributed by atoms with Gasteiger partial charge in [0.05, 0.1) is 18.4 Å². The average Bonchev–Trinajstić information content (AvgIpc) is 3.04. The van der Waals surface area contributed by atoms with Crippen LogP contribution in [0.5, 0.6) is 0 Å². The molecule has 0 radical (unpaired) electrons. The van der Waals surface area contributed by atoms with Crippen LogP contribution in [0.25, 0.3) is 0 Å². The van der Waals surface area contributed by atoms with Gasteiger partial charge in [-0.05, 0) is 37.5 Å².